The Bertz CT molecular complexity index is 790. The highest BCUT2D eigenvalue weighted by atomic mass is 16.5. The molecule has 0 aromatic heterocycles. The van der Waals surface area contributed by atoms with Gasteiger partial charge in [0.05, 0.1) is 26.1 Å². The van der Waals surface area contributed by atoms with Crippen LogP contribution in [0.4, 0.5) is 0 Å². The van der Waals surface area contributed by atoms with Crippen molar-refractivity contribution in [3.63, 3.8) is 0 Å². The van der Waals surface area contributed by atoms with Crippen LogP contribution in [0.1, 0.15) is 31.2 Å². The molecule has 30 heavy (non-hydrogen) atoms. The number of piperidine rings is 1. The minimum Gasteiger partial charge on any atom is -0.489 e. The molecule has 0 aliphatic carbocycles. The first-order chi connectivity index (χ1) is 14.7. The Morgan fingerprint density at radius 3 is 2.13 bits per heavy atom. The summed E-state index contributed by atoms with van der Waals surface area (Å²) in [5.41, 5.74) is 5.93. The first-order valence-corrected chi connectivity index (χ1v) is 10.5. The van der Waals surface area contributed by atoms with E-state index in [0.29, 0.717) is 18.8 Å². The lowest BCUT2D eigenvalue weighted by molar-refractivity contribution is -0.904. The van der Waals surface area contributed by atoms with Gasteiger partial charge in [-0.3, -0.25) is 20.4 Å². The molecule has 160 valence electrons. The number of hydrazine groups is 1. The number of likely N-dealkylation sites (tertiary alicyclic amines) is 1. The largest absolute Gasteiger partial charge is 0.489 e. The van der Waals surface area contributed by atoms with E-state index in [1.54, 1.807) is 24.3 Å². The monoisotopic (exact) mass is 412 g/mol. The van der Waals surface area contributed by atoms with Gasteiger partial charge in [0.2, 0.25) is 5.91 Å². The number of nitrogens with one attached hydrogen (secondary N) is 3. The number of amides is 2. The highest BCUT2D eigenvalue weighted by Gasteiger charge is 2.15. The number of benzene rings is 2. The normalized spacial score (nSPS) is 14.0. The highest BCUT2D eigenvalue weighted by molar-refractivity contribution is 5.82. The number of carbonyl (C=O) groups excluding carboxylic acids is 2. The lowest BCUT2D eigenvalue weighted by Crippen LogP contribution is -3.12. The fraction of sp³-hybridized carbons (Fsp3) is 0.391. The van der Waals surface area contributed by atoms with Crippen molar-refractivity contribution in [1.29, 1.82) is 0 Å². The van der Waals surface area contributed by atoms with Crippen molar-refractivity contribution in [1.82, 2.24) is 10.9 Å². The molecular formula is C23H30N3O4+. The third-order valence-corrected chi connectivity index (χ3v) is 5.05. The minimum atomic E-state index is -0.405. The summed E-state index contributed by atoms with van der Waals surface area (Å²) < 4.78 is 11.2. The van der Waals surface area contributed by atoms with Gasteiger partial charge in [0, 0.05) is 0 Å². The molecule has 1 saturated heterocycles. The van der Waals surface area contributed by atoms with Crippen molar-refractivity contribution >= 4 is 11.8 Å². The van der Waals surface area contributed by atoms with Gasteiger partial charge in [-0.05, 0) is 49.1 Å². The number of rotatable bonds is 9. The fourth-order valence-corrected chi connectivity index (χ4v) is 3.35. The number of hydrogen-bond acceptors (Lipinski definition) is 4. The minimum absolute atomic E-state index is 0.179. The zero-order valence-electron chi connectivity index (χ0n) is 17.2. The molecule has 7 heteroatoms. The SMILES string of the molecule is O=C(CC[NH+]1CCCCC1)NNC(=O)COc1ccc(OCc2ccccc2)cc1. The summed E-state index contributed by atoms with van der Waals surface area (Å²) in [6.07, 6.45) is 4.15. The molecule has 2 aromatic rings. The summed E-state index contributed by atoms with van der Waals surface area (Å²) in [4.78, 5) is 25.2. The number of carbonyl (C=O) groups is 2. The molecule has 1 fully saturated rings. The number of hydrogen-bond donors (Lipinski definition) is 3. The van der Waals surface area contributed by atoms with Crippen LogP contribution in [0.25, 0.3) is 0 Å². The molecule has 7 nitrogen and oxygen atoms in total. The second kappa shape index (κ2) is 11.8. The maximum atomic E-state index is 11.9. The third kappa shape index (κ3) is 7.75. The van der Waals surface area contributed by atoms with Crippen LogP contribution in [0, 0.1) is 0 Å². The zero-order chi connectivity index (χ0) is 21.0. The van der Waals surface area contributed by atoms with Gasteiger partial charge in [-0.15, -0.1) is 0 Å². The molecule has 0 spiro atoms. The second-order valence-electron chi connectivity index (χ2n) is 7.44. The fourth-order valence-electron chi connectivity index (χ4n) is 3.35. The second-order valence-corrected chi connectivity index (χ2v) is 7.44. The van der Waals surface area contributed by atoms with Crippen molar-refractivity contribution in [3.05, 3.63) is 60.2 Å². The van der Waals surface area contributed by atoms with Gasteiger partial charge < -0.3 is 14.4 Å². The van der Waals surface area contributed by atoms with Crippen LogP contribution in [0.2, 0.25) is 0 Å². The van der Waals surface area contributed by atoms with Crippen molar-refractivity contribution in [2.75, 3.05) is 26.2 Å². The molecule has 0 bridgehead atoms. The Balaban J connectivity index is 1.29. The quantitative estimate of drug-likeness (QED) is 0.542. The number of quaternary nitrogens is 1. The van der Waals surface area contributed by atoms with E-state index in [4.69, 9.17) is 9.47 Å². The van der Waals surface area contributed by atoms with Gasteiger partial charge in [0.25, 0.3) is 5.91 Å². The van der Waals surface area contributed by atoms with Gasteiger partial charge in [0.15, 0.2) is 6.61 Å². The summed E-state index contributed by atoms with van der Waals surface area (Å²) in [7, 11) is 0. The summed E-state index contributed by atoms with van der Waals surface area (Å²) in [5.74, 6) is 0.690. The van der Waals surface area contributed by atoms with Crippen LogP contribution in [-0.4, -0.2) is 38.1 Å². The van der Waals surface area contributed by atoms with Crippen LogP contribution in [0.15, 0.2) is 54.6 Å². The first kappa shape index (κ1) is 21.6. The number of ether oxygens (including phenoxy) is 2. The van der Waals surface area contributed by atoms with E-state index >= 15 is 0 Å². The zero-order valence-corrected chi connectivity index (χ0v) is 17.2. The van der Waals surface area contributed by atoms with Crippen LogP contribution in [-0.2, 0) is 16.2 Å². The van der Waals surface area contributed by atoms with Crippen LogP contribution < -0.4 is 25.2 Å². The maximum absolute atomic E-state index is 11.9. The molecule has 0 radical (unpaired) electrons. The highest BCUT2D eigenvalue weighted by Crippen LogP contribution is 2.18. The Morgan fingerprint density at radius 1 is 0.800 bits per heavy atom. The van der Waals surface area contributed by atoms with Crippen molar-refractivity contribution in [3.8, 4) is 11.5 Å². The van der Waals surface area contributed by atoms with Gasteiger partial charge >= 0.3 is 0 Å². The Hall–Kier alpha value is -3.06. The predicted octanol–water partition coefficient (Wildman–Crippen LogP) is 1.25. The molecule has 2 amide bonds. The van der Waals surface area contributed by atoms with E-state index < -0.39 is 5.91 Å². The van der Waals surface area contributed by atoms with Crippen LogP contribution >= 0.6 is 0 Å². The van der Waals surface area contributed by atoms with Crippen LogP contribution in [0.5, 0.6) is 11.5 Å². The standard InChI is InChI=1S/C23H29N3O4/c27-22(13-16-26-14-5-2-6-15-26)24-25-23(28)18-30-21-11-9-20(10-12-21)29-17-19-7-3-1-4-8-19/h1,3-4,7-12H,2,5-6,13-18H2,(H,24,27)(H,25,28)/p+1. The van der Waals surface area contributed by atoms with Gasteiger partial charge in [-0.1, -0.05) is 30.3 Å². The summed E-state index contributed by atoms with van der Waals surface area (Å²) in [5, 5.41) is 0. The smallest absolute Gasteiger partial charge is 0.276 e. The molecule has 3 rings (SSSR count). The Morgan fingerprint density at radius 2 is 1.43 bits per heavy atom. The van der Waals surface area contributed by atoms with E-state index in [1.807, 2.05) is 30.3 Å². The first-order valence-electron chi connectivity index (χ1n) is 10.5. The molecule has 2 aromatic carbocycles. The maximum Gasteiger partial charge on any atom is 0.276 e. The molecule has 1 aliphatic heterocycles. The van der Waals surface area contributed by atoms with Crippen molar-refractivity contribution in [2.24, 2.45) is 0 Å². The molecule has 3 N–H and O–H groups in total. The summed E-state index contributed by atoms with van der Waals surface area (Å²) in [6.45, 7) is 3.37. The van der Waals surface area contributed by atoms with E-state index in [9.17, 15) is 9.59 Å². The lowest BCUT2D eigenvalue weighted by atomic mass is 10.1. The van der Waals surface area contributed by atoms with Crippen molar-refractivity contribution < 1.29 is 24.0 Å². The molecule has 0 saturated carbocycles. The van der Waals surface area contributed by atoms with E-state index in [0.717, 1.165) is 30.9 Å². The molecule has 0 atom stereocenters. The Labute approximate surface area is 177 Å². The summed E-state index contributed by atoms with van der Waals surface area (Å²) in [6, 6.07) is 17.0. The van der Waals surface area contributed by atoms with Gasteiger partial charge in [-0.2, -0.15) is 0 Å². The molecule has 0 unspecified atom stereocenters. The van der Waals surface area contributed by atoms with E-state index in [-0.39, 0.29) is 12.5 Å². The van der Waals surface area contributed by atoms with Crippen molar-refractivity contribution in [2.45, 2.75) is 32.3 Å². The predicted molar refractivity (Wildman–Crippen MR) is 113 cm³/mol. The van der Waals surface area contributed by atoms with E-state index in [1.165, 1.54) is 24.2 Å². The molecule has 1 aliphatic rings. The summed E-state index contributed by atoms with van der Waals surface area (Å²) >= 11 is 0. The molecule has 1 heterocycles. The van der Waals surface area contributed by atoms with Crippen LogP contribution in [0.3, 0.4) is 0 Å². The van der Waals surface area contributed by atoms with E-state index in [2.05, 4.69) is 10.9 Å². The Kier molecular flexibility index (Phi) is 8.53. The van der Waals surface area contributed by atoms with Gasteiger partial charge in [0.1, 0.15) is 18.1 Å². The molecular weight excluding hydrogens is 382 g/mol. The average Bonchev–Trinajstić information content (AvgIpc) is 2.80. The average molecular weight is 413 g/mol. The van der Waals surface area contributed by atoms with Gasteiger partial charge in [-0.25, -0.2) is 0 Å². The topological polar surface area (TPSA) is 81.1 Å². The lowest BCUT2D eigenvalue weighted by Gasteiger charge is -2.23. The third-order valence-electron chi connectivity index (χ3n) is 5.05.